The molecule has 0 aromatic heterocycles. The summed E-state index contributed by atoms with van der Waals surface area (Å²) >= 11 is 0. The minimum absolute atomic E-state index is 0.0727. The van der Waals surface area contributed by atoms with E-state index in [-0.39, 0.29) is 11.3 Å². The van der Waals surface area contributed by atoms with Gasteiger partial charge in [0, 0.05) is 11.3 Å². The number of aliphatic hydroxyl groups is 1. The molecule has 5 nitrogen and oxygen atoms in total. The zero-order chi connectivity index (χ0) is 23.5. The monoisotopic (exact) mass is 441 g/mol. The van der Waals surface area contributed by atoms with Gasteiger partial charge < -0.3 is 9.84 Å². The molecule has 1 saturated heterocycles. The second kappa shape index (κ2) is 9.33. The lowest BCUT2D eigenvalue weighted by atomic mass is 9.95. The van der Waals surface area contributed by atoms with E-state index in [0.29, 0.717) is 35.1 Å². The Kier molecular flexibility index (Phi) is 6.31. The number of ketones is 1. The standard InChI is InChI=1S/C28H27NO4/c1-18(2)17-33-23-14-12-20(13-15-23)25-24(26(30)21-9-5-4-6-10-21)27(31)28(32)29(25)22-11-7-8-19(3)16-22/h4-16,18,25,30H,17H2,1-3H3/b26-24+. The van der Waals surface area contributed by atoms with Gasteiger partial charge in [-0.1, -0.05) is 68.4 Å². The number of carbonyl (C=O) groups is 2. The van der Waals surface area contributed by atoms with Crippen LogP contribution in [0, 0.1) is 12.8 Å². The van der Waals surface area contributed by atoms with Crippen molar-refractivity contribution in [2.75, 3.05) is 11.5 Å². The average molecular weight is 442 g/mol. The number of benzene rings is 3. The van der Waals surface area contributed by atoms with Crippen LogP contribution in [0.15, 0.2) is 84.4 Å². The van der Waals surface area contributed by atoms with Crippen LogP contribution in [-0.4, -0.2) is 23.4 Å². The molecule has 1 N–H and O–H groups in total. The number of carbonyl (C=O) groups excluding carboxylic acids is 2. The Hall–Kier alpha value is -3.86. The fourth-order valence-corrected chi connectivity index (χ4v) is 3.95. The minimum Gasteiger partial charge on any atom is -0.507 e. The lowest BCUT2D eigenvalue weighted by Crippen LogP contribution is -2.29. The van der Waals surface area contributed by atoms with Gasteiger partial charge in [-0.05, 0) is 48.2 Å². The lowest BCUT2D eigenvalue weighted by molar-refractivity contribution is -0.132. The summed E-state index contributed by atoms with van der Waals surface area (Å²) in [6.07, 6.45) is 0. The minimum atomic E-state index is -0.758. The van der Waals surface area contributed by atoms with Gasteiger partial charge in [-0.25, -0.2) is 0 Å². The van der Waals surface area contributed by atoms with Crippen molar-refractivity contribution >= 4 is 23.1 Å². The quantitative estimate of drug-likeness (QED) is 0.305. The number of amides is 1. The predicted octanol–water partition coefficient (Wildman–Crippen LogP) is 5.66. The number of rotatable bonds is 6. The van der Waals surface area contributed by atoms with Crippen molar-refractivity contribution in [3.8, 4) is 5.75 Å². The molecular weight excluding hydrogens is 414 g/mol. The van der Waals surface area contributed by atoms with Crippen LogP contribution < -0.4 is 9.64 Å². The van der Waals surface area contributed by atoms with E-state index in [0.717, 1.165) is 5.56 Å². The maximum Gasteiger partial charge on any atom is 0.300 e. The Bertz CT molecular complexity index is 1200. The SMILES string of the molecule is Cc1cccc(N2C(=O)C(=O)/C(=C(/O)c3ccccc3)C2c2ccc(OCC(C)C)cc2)c1. The van der Waals surface area contributed by atoms with E-state index < -0.39 is 17.7 Å². The van der Waals surface area contributed by atoms with Crippen LogP contribution in [0.3, 0.4) is 0 Å². The number of anilines is 1. The van der Waals surface area contributed by atoms with E-state index in [9.17, 15) is 14.7 Å². The Morgan fingerprint density at radius 2 is 1.67 bits per heavy atom. The molecule has 1 atom stereocenters. The van der Waals surface area contributed by atoms with Crippen LogP contribution in [0.4, 0.5) is 5.69 Å². The highest BCUT2D eigenvalue weighted by molar-refractivity contribution is 6.51. The molecule has 0 bridgehead atoms. The van der Waals surface area contributed by atoms with Crippen molar-refractivity contribution in [2.24, 2.45) is 5.92 Å². The lowest BCUT2D eigenvalue weighted by Gasteiger charge is -2.26. The third-order valence-electron chi connectivity index (χ3n) is 5.55. The zero-order valence-electron chi connectivity index (χ0n) is 19.0. The van der Waals surface area contributed by atoms with Crippen LogP contribution >= 0.6 is 0 Å². The molecule has 3 aromatic rings. The average Bonchev–Trinajstić information content (AvgIpc) is 3.08. The van der Waals surface area contributed by atoms with Gasteiger partial charge in [-0.15, -0.1) is 0 Å². The Morgan fingerprint density at radius 1 is 0.970 bits per heavy atom. The van der Waals surface area contributed by atoms with Gasteiger partial charge in [-0.2, -0.15) is 0 Å². The summed E-state index contributed by atoms with van der Waals surface area (Å²) < 4.78 is 5.79. The highest BCUT2D eigenvalue weighted by Gasteiger charge is 2.46. The van der Waals surface area contributed by atoms with Crippen LogP contribution in [0.25, 0.3) is 5.76 Å². The molecular formula is C28H27NO4. The number of nitrogens with zero attached hydrogens (tertiary/aromatic N) is 1. The Labute approximate surface area is 193 Å². The molecule has 1 fully saturated rings. The molecule has 0 spiro atoms. The molecule has 33 heavy (non-hydrogen) atoms. The third-order valence-corrected chi connectivity index (χ3v) is 5.55. The highest BCUT2D eigenvalue weighted by Crippen LogP contribution is 2.42. The van der Waals surface area contributed by atoms with E-state index >= 15 is 0 Å². The van der Waals surface area contributed by atoms with Gasteiger partial charge in [0.05, 0.1) is 18.2 Å². The van der Waals surface area contributed by atoms with Crippen LogP contribution in [0.5, 0.6) is 5.75 Å². The fourth-order valence-electron chi connectivity index (χ4n) is 3.95. The molecule has 0 radical (unpaired) electrons. The molecule has 1 aliphatic heterocycles. The maximum absolute atomic E-state index is 13.2. The fraction of sp³-hybridized carbons (Fsp3) is 0.214. The van der Waals surface area contributed by atoms with Crippen LogP contribution in [-0.2, 0) is 9.59 Å². The number of hydrogen-bond acceptors (Lipinski definition) is 4. The summed E-state index contributed by atoms with van der Waals surface area (Å²) in [7, 11) is 0. The van der Waals surface area contributed by atoms with Crippen LogP contribution in [0.1, 0.15) is 36.6 Å². The second-order valence-corrected chi connectivity index (χ2v) is 8.65. The summed E-state index contributed by atoms with van der Waals surface area (Å²) in [5, 5.41) is 11.1. The normalized spacial score (nSPS) is 17.6. The zero-order valence-corrected chi connectivity index (χ0v) is 19.0. The summed E-state index contributed by atoms with van der Waals surface area (Å²) in [5.41, 5.74) is 2.85. The topological polar surface area (TPSA) is 66.8 Å². The Balaban J connectivity index is 1.84. The largest absolute Gasteiger partial charge is 0.507 e. The van der Waals surface area contributed by atoms with Crippen molar-refractivity contribution in [3.63, 3.8) is 0 Å². The van der Waals surface area contributed by atoms with Gasteiger partial charge in [0.25, 0.3) is 11.7 Å². The van der Waals surface area contributed by atoms with Crippen molar-refractivity contribution in [3.05, 3.63) is 101 Å². The van der Waals surface area contributed by atoms with Gasteiger partial charge in [0.1, 0.15) is 11.5 Å². The molecule has 1 amide bonds. The molecule has 1 heterocycles. The third kappa shape index (κ3) is 4.53. The first-order valence-electron chi connectivity index (χ1n) is 11.0. The van der Waals surface area contributed by atoms with E-state index in [4.69, 9.17) is 4.74 Å². The predicted molar refractivity (Wildman–Crippen MR) is 129 cm³/mol. The van der Waals surface area contributed by atoms with E-state index in [1.807, 2.05) is 55.5 Å². The molecule has 0 saturated carbocycles. The molecule has 5 heteroatoms. The van der Waals surface area contributed by atoms with E-state index in [1.54, 1.807) is 30.3 Å². The number of hydrogen-bond donors (Lipinski definition) is 1. The van der Waals surface area contributed by atoms with Crippen molar-refractivity contribution in [1.29, 1.82) is 0 Å². The first-order chi connectivity index (χ1) is 15.9. The van der Waals surface area contributed by atoms with E-state index in [1.165, 1.54) is 4.90 Å². The molecule has 1 unspecified atom stereocenters. The van der Waals surface area contributed by atoms with Gasteiger partial charge in [-0.3, -0.25) is 14.5 Å². The van der Waals surface area contributed by atoms with Gasteiger partial charge >= 0.3 is 0 Å². The number of ether oxygens (including phenoxy) is 1. The second-order valence-electron chi connectivity index (χ2n) is 8.65. The molecule has 168 valence electrons. The van der Waals surface area contributed by atoms with Gasteiger partial charge in [0.2, 0.25) is 0 Å². The number of aryl methyl sites for hydroxylation is 1. The van der Waals surface area contributed by atoms with Crippen LogP contribution in [0.2, 0.25) is 0 Å². The summed E-state index contributed by atoms with van der Waals surface area (Å²) in [4.78, 5) is 27.8. The molecule has 1 aliphatic rings. The summed E-state index contributed by atoms with van der Waals surface area (Å²) in [6, 6.07) is 22.8. The molecule has 4 rings (SSSR count). The molecule has 0 aliphatic carbocycles. The Morgan fingerprint density at radius 3 is 2.30 bits per heavy atom. The van der Waals surface area contributed by atoms with E-state index in [2.05, 4.69) is 13.8 Å². The first kappa shape index (κ1) is 22.3. The van der Waals surface area contributed by atoms with Crippen molar-refractivity contribution < 1.29 is 19.4 Å². The molecule has 3 aromatic carbocycles. The highest BCUT2D eigenvalue weighted by atomic mass is 16.5. The van der Waals surface area contributed by atoms with Crippen molar-refractivity contribution in [1.82, 2.24) is 0 Å². The smallest absolute Gasteiger partial charge is 0.300 e. The van der Waals surface area contributed by atoms with Crippen molar-refractivity contribution in [2.45, 2.75) is 26.8 Å². The first-order valence-corrected chi connectivity index (χ1v) is 11.0. The summed E-state index contributed by atoms with van der Waals surface area (Å²) in [5.74, 6) is -0.451. The maximum atomic E-state index is 13.2. The number of Topliss-reactive ketones (excluding diaryl/α,β-unsaturated/α-hetero) is 1. The summed E-state index contributed by atoms with van der Waals surface area (Å²) in [6.45, 7) is 6.68. The number of aliphatic hydroxyl groups excluding tert-OH is 1. The van der Waals surface area contributed by atoms with Gasteiger partial charge in [0.15, 0.2) is 0 Å².